The lowest BCUT2D eigenvalue weighted by Crippen LogP contribution is -2.46. The van der Waals surface area contributed by atoms with Crippen LogP contribution < -0.4 is 4.90 Å². The molecule has 0 aliphatic carbocycles. The lowest BCUT2D eigenvalue weighted by atomic mass is 9.99. The second-order valence-corrected chi connectivity index (χ2v) is 7.41. The summed E-state index contributed by atoms with van der Waals surface area (Å²) in [6.07, 6.45) is 1.72. The first-order valence-corrected chi connectivity index (χ1v) is 9.66. The number of para-hydroxylation sites is 1. The number of ether oxygens (including phenoxy) is 1. The van der Waals surface area contributed by atoms with Crippen LogP contribution in [0.1, 0.15) is 17.5 Å². The minimum absolute atomic E-state index is 0.356. The van der Waals surface area contributed by atoms with Gasteiger partial charge in [0.1, 0.15) is 0 Å². The van der Waals surface area contributed by atoms with Gasteiger partial charge < -0.3 is 14.7 Å². The van der Waals surface area contributed by atoms with E-state index in [4.69, 9.17) is 4.74 Å². The van der Waals surface area contributed by atoms with Gasteiger partial charge in [-0.25, -0.2) is 0 Å². The molecule has 4 rings (SSSR count). The van der Waals surface area contributed by atoms with E-state index in [1.54, 1.807) is 0 Å². The van der Waals surface area contributed by atoms with Crippen molar-refractivity contribution in [3.8, 4) is 0 Å². The molecule has 1 saturated heterocycles. The monoisotopic (exact) mass is 352 g/mol. The van der Waals surface area contributed by atoms with Crippen LogP contribution in [0.2, 0.25) is 0 Å². The van der Waals surface area contributed by atoms with E-state index in [1.165, 1.54) is 16.8 Å². The van der Waals surface area contributed by atoms with E-state index in [-0.39, 0.29) is 6.10 Å². The van der Waals surface area contributed by atoms with Crippen molar-refractivity contribution in [3.63, 3.8) is 0 Å². The number of β-amino-alcohol motifs (C(OH)–C–C–N with tert-alkyl or cyclic N) is 1. The smallest absolute Gasteiger partial charge is 0.0841 e. The molecular formula is C22H28N2O2. The summed E-state index contributed by atoms with van der Waals surface area (Å²) in [5.74, 6) is 0. The third-order valence-corrected chi connectivity index (χ3v) is 5.52. The summed E-state index contributed by atoms with van der Waals surface area (Å²) < 4.78 is 5.60. The first-order chi connectivity index (χ1) is 12.8. The Morgan fingerprint density at radius 3 is 2.62 bits per heavy atom. The summed E-state index contributed by atoms with van der Waals surface area (Å²) in [5.41, 5.74) is 4.02. The SMILES string of the molecule is OC(CN1CCc2ccccc2C1)CN(c1ccccc1)C1CCOC1. The molecule has 4 heteroatoms. The third kappa shape index (κ3) is 4.09. The molecule has 0 amide bonds. The Morgan fingerprint density at radius 2 is 1.85 bits per heavy atom. The van der Waals surface area contributed by atoms with Crippen LogP contribution in [0.15, 0.2) is 54.6 Å². The Balaban J connectivity index is 1.40. The lowest BCUT2D eigenvalue weighted by Gasteiger charge is -2.35. The molecular weight excluding hydrogens is 324 g/mol. The first-order valence-electron chi connectivity index (χ1n) is 9.66. The molecule has 138 valence electrons. The van der Waals surface area contributed by atoms with Crippen molar-refractivity contribution in [3.05, 3.63) is 65.7 Å². The van der Waals surface area contributed by atoms with Gasteiger partial charge in [-0.15, -0.1) is 0 Å². The fourth-order valence-corrected chi connectivity index (χ4v) is 4.15. The van der Waals surface area contributed by atoms with Crippen molar-refractivity contribution in [1.29, 1.82) is 0 Å². The number of fused-ring (bicyclic) bond motifs is 1. The van der Waals surface area contributed by atoms with Crippen molar-refractivity contribution in [2.75, 3.05) is 37.7 Å². The van der Waals surface area contributed by atoms with E-state index in [2.05, 4.69) is 58.3 Å². The zero-order chi connectivity index (χ0) is 17.8. The lowest BCUT2D eigenvalue weighted by molar-refractivity contribution is 0.107. The van der Waals surface area contributed by atoms with Gasteiger partial charge in [0.05, 0.1) is 18.8 Å². The second kappa shape index (κ2) is 8.21. The van der Waals surface area contributed by atoms with Crippen molar-refractivity contribution in [2.45, 2.75) is 31.5 Å². The largest absolute Gasteiger partial charge is 0.390 e. The number of aliphatic hydroxyl groups is 1. The third-order valence-electron chi connectivity index (χ3n) is 5.52. The molecule has 2 aromatic carbocycles. The van der Waals surface area contributed by atoms with Gasteiger partial charge in [0, 0.05) is 38.5 Å². The molecule has 2 atom stereocenters. The average Bonchev–Trinajstić information content (AvgIpc) is 3.21. The standard InChI is InChI=1S/C22H28N2O2/c25-22(15-23-12-10-18-6-4-5-7-19(18)14-23)16-24(21-11-13-26-17-21)20-8-2-1-3-9-20/h1-9,21-22,25H,10-17H2. The molecule has 0 aromatic heterocycles. The molecule has 2 unspecified atom stereocenters. The maximum atomic E-state index is 10.8. The molecule has 1 fully saturated rings. The molecule has 2 aromatic rings. The van der Waals surface area contributed by atoms with Crippen LogP contribution in [0.5, 0.6) is 0 Å². The minimum Gasteiger partial charge on any atom is -0.390 e. The van der Waals surface area contributed by atoms with Gasteiger partial charge >= 0.3 is 0 Å². The van der Waals surface area contributed by atoms with Gasteiger partial charge in [0.25, 0.3) is 0 Å². The Kier molecular flexibility index (Phi) is 5.54. The molecule has 0 radical (unpaired) electrons. The number of hydrogen-bond donors (Lipinski definition) is 1. The average molecular weight is 352 g/mol. The van der Waals surface area contributed by atoms with Gasteiger partial charge in [-0.05, 0) is 36.1 Å². The number of benzene rings is 2. The van der Waals surface area contributed by atoms with Crippen LogP contribution >= 0.6 is 0 Å². The summed E-state index contributed by atoms with van der Waals surface area (Å²) in [6, 6.07) is 19.4. The molecule has 2 aliphatic heterocycles. The highest BCUT2D eigenvalue weighted by Gasteiger charge is 2.26. The normalized spacial score (nSPS) is 21.3. The van der Waals surface area contributed by atoms with Gasteiger partial charge in [-0.1, -0.05) is 42.5 Å². The fourth-order valence-electron chi connectivity index (χ4n) is 4.15. The number of nitrogens with zero attached hydrogens (tertiary/aromatic N) is 2. The molecule has 26 heavy (non-hydrogen) atoms. The number of anilines is 1. The van der Waals surface area contributed by atoms with E-state index in [1.807, 2.05) is 6.07 Å². The van der Waals surface area contributed by atoms with E-state index >= 15 is 0 Å². The summed E-state index contributed by atoms with van der Waals surface area (Å²) in [7, 11) is 0. The second-order valence-electron chi connectivity index (χ2n) is 7.41. The predicted octanol–water partition coefficient (Wildman–Crippen LogP) is 2.70. The van der Waals surface area contributed by atoms with Gasteiger partial charge in [0.15, 0.2) is 0 Å². The topological polar surface area (TPSA) is 35.9 Å². The van der Waals surface area contributed by atoms with E-state index in [0.29, 0.717) is 19.1 Å². The molecule has 2 aliphatic rings. The Labute approximate surface area is 156 Å². The zero-order valence-electron chi connectivity index (χ0n) is 15.3. The van der Waals surface area contributed by atoms with Crippen LogP contribution in [0.3, 0.4) is 0 Å². The molecule has 0 spiro atoms. The van der Waals surface area contributed by atoms with Crippen LogP contribution in [0.4, 0.5) is 5.69 Å². The maximum absolute atomic E-state index is 10.8. The summed E-state index contributed by atoms with van der Waals surface area (Å²) in [5, 5.41) is 10.8. The van der Waals surface area contributed by atoms with Crippen molar-refractivity contribution >= 4 is 5.69 Å². The highest BCUT2D eigenvalue weighted by Crippen LogP contribution is 2.23. The van der Waals surface area contributed by atoms with E-state index in [9.17, 15) is 5.11 Å². The molecule has 0 saturated carbocycles. The van der Waals surface area contributed by atoms with Crippen LogP contribution in [0, 0.1) is 0 Å². The fraction of sp³-hybridized carbons (Fsp3) is 0.455. The quantitative estimate of drug-likeness (QED) is 0.867. The Hall–Kier alpha value is -1.88. The van der Waals surface area contributed by atoms with Crippen LogP contribution in [0.25, 0.3) is 0 Å². The Morgan fingerprint density at radius 1 is 1.08 bits per heavy atom. The Bertz CT molecular complexity index is 700. The number of hydrogen-bond acceptors (Lipinski definition) is 4. The molecule has 0 bridgehead atoms. The van der Waals surface area contributed by atoms with Crippen molar-refractivity contribution in [2.24, 2.45) is 0 Å². The van der Waals surface area contributed by atoms with E-state index in [0.717, 1.165) is 39.1 Å². The highest BCUT2D eigenvalue weighted by molar-refractivity contribution is 5.47. The van der Waals surface area contributed by atoms with Gasteiger partial charge in [-0.3, -0.25) is 4.90 Å². The van der Waals surface area contributed by atoms with Crippen molar-refractivity contribution < 1.29 is 9.84 Å². The van der Waals surface area contributed by atoms with Crippen molar-refractivity contribution in [1.82, 2.24) is 4.90 Å². The molecule has 4 nitrogen and oxygen atoms in total. The number of aliphatic hydroxyl groups excluding tert-OH is 1. The highest BCUT2D eigenvalue weighted by atomic mass is 16.5. The van der Waals surface area contributed by atoms with Gasteiger partial charge in [0.2, 0.25) is 0 Å². The summed E-state index contributed by atoms with van der Waals surface area (Å²) >= 11 is 0. The number of rotatable bonds is 6. The van der Waals surface area contributed by atoms with E-state index < -0.39 is 0 Å². The van der Waals surface area contributed by atoms with Gasteiger partial charge in [-0.2, -0.15) is 0 Å². The predicted molar refractivity (Wildman–Crippen MR) is 104 cm³/mol. The maximum Gasteiger partial charge on any atom is 0.0841 e. The summed E-state index contributed by atoms with van der Waals surface area (Å²) in [4.78, 5) is 4.71. The van der Waals surface area contributed by atoms with Crippen LogP contribution in [-0.2, 0) is 17.7 Å². The molecule has 2 heterocycles. The zero-order valence-corrected chi connectivity index (χ0v) is 15.3. The minimum atomic E-state index is -0.374. The first kappa shape index (κ1) is 17.5. The summed E-state index contributed by atoms with van der Waals surface area (Å²) in [6.45, 7) is 4.88. The van der Waals surface area contributed by atoms with Crippen LogP contribution in [-0.4, -0.2) is 55.0 Å². The molecule has 1 N–H and O–H groups in total.